The van der Waals surface area contributed by atoms with Crippen molar-refractivity contribution in [2.24, 2.45) is 5.73 Å². The third-order valence-electron chi connectivity index (χ3n) is 6.39. The molecule has 1 fully saturated rings. The number of nitrogens with two attached hydrogens (primary N) is 1. The molecule has 0 bridgehead atoms. The molecule has 0 aliphatic carbocycles. The van der Waals surface area contributed by atoms with E-state index >= 15 is 0 Å². The van der Waals surface area contributed by atoms with Gasteiger partial charge in [-0.15, -0.1) is 0 Å². The van der Waals surface area contributed by atoms with Gasteiger partial charge in [0.05, 0.1) is 6.20 Å². The third-order valence-corrected chi connectivity index (χ3v) is 6.39. The minimum absolute atomic E-state index is 0.163. The number of aromatic nitrogens is 5. The molecule has 0 spiro atoms. The van der Waals surface area contributed by atoms with Gasteiger partial charge in [-0.2, -0.15) is 5.10 Å². The maximum Gasteiger partial charge on any atom is 0.160 e. The van der Waals surface area contributed by atoms with Gasteiger partial charge in [0.25, 0.3) is 0 Å². The Labute approximate surface area is 206 Å². The molecule has 4 aromatic heterocycles. The zero-order chi connectivity index (χ0) is 24.5. The van der Waals surface area contributed by atoms with Gasteiger partial charge in [0.15, 0.2) is 5.65 Å². The molecule has 1 saturated heterocycles. The fourth-order valence-electron chi connectivity index (χ4n) is 4.54. The van der Waals surface area contributed by atoms with Crippen LogP contribution in [-0.2, 0) is 0 Å². The summed E-state index contributed by atoms with van der Waals surface area (Å²) in [7, 11) is 3.98. The fourth-order valence-corrected chi connectivity index (χ4v) is 4.54. The SMILES string of the molecule is CC(C)n1ncc2ccc(Nc3cc(N4CCC[C@H](N)C4)c(-c4ccc(N(C)C)nc4)cn3)nc21. The van der Waals surface area contributed by atoms with Gasteiger partial charge in [-0.25, -0.2) is 19.6 Å². The zero-order valence-corrected chi connectivity index (χ0v) is 20.8. The summed E-state index contributed by atoms with van der Waals surface area (Å²) in [5.74, 6) is 2.39. The first-order chi connectivity index (χ1) is 16.9. The number of pyridine rings is 3. The highest BCUT2D eigenvalue weighted by atomic mass is 15.3. The summed E-state index contributed by atoms with van der Waals surface area (Å²) in [4.78, 5) is 18.5. The molecule has 9 heteroatoms. The van der Waals surface area contributed by atoms with Crippen LogP contribution in [0.2, 0.25) is 0 Å². The fraction of sp³-hybridized carbons (Fsp3) is 0.385. The highest BCUT2D eigenvalue weighted by Crippen LogP contribution is 2.34. The maximum absolute atomic E-state index is 6.34. The van der Waals surface area contributed by atoms with Gasteiger partial charge < -0.3 is 20.9 Å². The number of nitrogens with zero attached hydrogens (tertiary/aromatic N) is 7. The Bertz CT molecular complexity index is 1310. The zero-order valence-electron chi connectivity index (χ0n) is 20.8. The normalized spacial score (nSPS) is 16.2. The molecule has 1 atom stereocenters. The van der Waals surface area contributed by atoms with Crippen molar-refractivity contribution in [3.05, 3.63) is 48.9 Å². The lowest BCUT2D eigenvalue weighted by Gasteiger charge is -2.34. The summed E-state index contributed by atoms with van der Waals surface area (Å²) in [6.45, 7) is 5.98. The third kappa shape index (κ3) is 4.77. The van der Waals surface area contributed by atoms with E-state index in [9.17, 15) is 0 Å². The molecular formula is C26H33N9. The van der Waals surface area contributed by atoms with Crippen LogP contribution in [0.3, 0.4) is 0 Å². The molecule has 1 aliphatic heterocycles. The average molecular weight is 472 g/mol. The number of nitrogens with one attached hydrogen (secondary N) is 1. The highest BCUT2D eigenvalue weighted by Gasteiger charge is 2.21. The van der Waals surface area contributed by atoms with Crippen LogP contribution in [0.5, 0.6) is 0 Å². The molecule has 0 aromatic carbocycles. The first-order valence-electron chi connectivity index (χ1n) is 12.1. The van der Waals surface area contributed by atoms with Gasteiger partial charge in [0.1, 0.15) is 17.5 Å². The first kappa shape index (κ1) is 23.0. The van der Waals surface area contributed by atoms with Crippen LogP contribution in [0.4, 0.5) is 23.1 Å². The Morgan fingerprint density at radius 1 is 1.06 bits per heavy atom. The number of hydrogen-bond acceptors (Lipinski definition) is 8. The van der Waals surface area contributed by atoms with E-state index in [1.807, 2.05) is 60.5 Å². The van der Waals surface area contributed by atoms with Crippen molar-refractivity contribution in [2.45, 2.75) is 38.8 Å². The lowest BCUT2D eigenvalue weighted by Crippen LogP contribution is -2.43. The molecule has 0 saturated carbocycles. The molecule has 5 rings (SSSR count). The van der Waals surface area contributed by atoms with Crippen LogP contribution in [0.25, 0.3) is 22.2 Å². The second kappa shape index (κ2) is 9.50. The van der Waals surface area contributed by atoms with Crippen molar-refractivity contribution in [3.63, 3.8) is 0 Å². The molecule has 0 amide bonds. The Hall–Kier alpha value is -3.72. The van der Waals surface area contributed by atoms with Gasteiger partial charge in [0.2, 0.25) is 0 Å². The Morgan fingerprint density at radius 2 is 1.91 bits per heavy atom. The van der Waals surface area contributed by atoms with Gasteiger partial charge in [-0.3, -0.25) is 0 Å². The molecule has 4 aromatic rings. The van der Waals surface area contributed by atoms with Gasteiger partial charge in [0, 0.05) is 79.9 Å². The number of fused-ring (bicyclic) bond motifs is 1. The Kier molecular flexibility index (Phi) is 6.25. The van der Waals surface area contributed by atoms with Crippen molar-refractivity contribution >= 4 is 34.2 Å². The van der Waals surface area contributed by atoms with Crippen LogP contribution >= 0.6 is 0 Å². The monoisotopic (exact) mass is 471 g/mol. The number of rotatable bonds is 6. The average Bonchev–Trinajstić information content (AvgIpc) is 3.28. The lowest BCUT2D eigenvalue weighted by atomic mass is 10.0. The van der Waals surface area contributed by atoms with Gasteiger partial charge in [-0.05, 0) is 51.0 Å². The van der Waals surface area contributed by atoms with E-state index in [4.69, 9.17) is 15.7 Å². The van der Waals surface area contributed by atoms with Crippen molar-refractivity contribution in [1.29, 1.82) is 0 Å². The molecule has 0 radical (unpaired) electrons. The van der Waals surface area contributed by atoms with Crippen LogP contribution < -0.4 is 20.9 Å². The topological polar surface area (TPSA) is 101 Å². The Balaban J connectivity index is 1.51. The smallest absolute Gasteiger partial charge is 0.160 e. The van der Waals surface area contributed by atoms with E-state index in [1.165, 1.54) is 0 Å². The van der Waals surface area contributed by atoms with Crippen molar-refractivity contribution in [3.8, 4) is 11.1 Å². The summed E-state index contributed by atoms with van der Waals surface area (Å²) in [6, 6.07) is 10.6. The van der Waals surface area contributed by atoms with Crippen LogP contribution in [0.1, 0.15) is 32.7 Å². The van der Waals surface area contributed by atoms with Crippen LogP contribution in [-0.4, -0.2) is 58.0 Å². The largest absolute Gasteiger partial charge is 0.369 e. The standard InChI is InChI=1S/C26H33N9/c1-17(2)35-26-19(14-30-35)7-9-23(32-26)31-24-12-22(34-11-5-6-20(27)16-34)21(15-28-24)18-8-10-25(29-13-18)33(3)4/h7-10,12-15,17,20H,5-6,11,16,27H2,1-4H3,(H,28,31,32)/t20-/m0/s1. The Morgan fingerprint density at radius 3 is 2.63 bits per heavy atom. The van der Waals surface area contributed by atoms with Gasteiger partial charge >= 0.3 is 0 Å². The minimum atomic E-state index is 0.163. The van der Waals surface area contributed by atoms with E-state index in [0.29, 0.717) is 0 Å². The summed E-state index contributed by atoms with van der Waals surface area (Å²) in [5, 5.41) is 8.89. The molecule has 9 nitrogen and oxygen atoms in total. The number of piperidine rings is 1. The number of hydrogen-bond donors (Lipinski definition) is 2. The molecule has 3 N–H and O–H groups in total. The summed E-state index contributed by atoms with van der Waals surface area (Å²) < 4.78 is 1.93. The summed E-state index contributed by atoms with van der Waals surface area (Å²) in [6.07, 6.45) is 7.80. The van der Waals surface area contributed by atoms with E-state index in [1.54, 1.807) is 0 Å². The second-order valence-corrected chi connectivity index (χ2v) is 9.65. The molecule has 5 heterocycles. The minimum Gasteiger partial charge on any atom is -0.369 e. The van der Waals surface area contributed by atoms with E-state index < -0.39 is 0 Å². The van der Waals surface area contributed by atoms with Gasteiger partial charge in [-0.1, -0.05) is 0 Å². The highest BCUT2D eigenvalue weighted by molar-refractivity contribution is 5.81. The van der Waals surface area contributed by atoms with Crippen molar-refractivity contribution < 1.29 is 0 Å². The summed E-state index contributed by atoms with van der Waals surface area (Å²) in [5.41, 5.74) is 10.4. The van der Waals surface area contributed by atoms with Crippen LogP contribution in [0.15, 0.2) is 48.9 Å². The predicted molar refractivity (Wildman–Crippen MR) is 142 cm³/mol. The predicted octanol–water partition coefficient (Wildman–Crippen LogP) is 4.21. The maximum atomic E-state index is 6.34. The number of anilines is 4. The summed E-state index contributed by atoms with van der Waals surface area (Å²) >= 11 is 0. The van der Waals surface area contributed by atoms with E-state index in [0.717, 1.165) is 71.2 Å². The van der Waals surface area contributed by atoms with E-state index in [-0.39, 0.29) is 12.1 Å². The second-order valence-electron chi connectivity index (χ2n) is 9.65. The molecule has 182 valence electrons. The lowest BCUT2D eigenvalue weighted by molar-refractivity contribution is 0.506. The van der Waals surface area contributed by atoms with Crippen molar-refractivity contribution in [1.82, 2.24) is 24.7 Å². The van der Waals surface area contributed by atoms with Crippen LogP contribution in [0, 0.1) is 0 Å². The van der Waals surface area contributed by atoms with Crippen molar-refractivity contribution in [2.75, 3.05) is 42.3 Å². The molecule has 1 aliphatic rings. The quantitative estimate of drug-likeness (QED) is 0.431. The molecular weight excluding hydrogens is 438 g/mol. The first-order valence-corrected chi connectivity index (χ1v) is 12.1. The molecule has 35 heavy (non-hydrogen) atoms. The van der Waals surface area contributed by atoms with E-state index in [2.05, 4.69) is 46.3 Å². The molecule has 0 unspecified atom stereocenters.